The van der Waals surface area contributed by atoms with E-state index in [-0.39, 0.29) is 22.9 Å². The first-order valence-electron chi connectivity index (χ1n) is 8.58. The van der Waals surface area contributed by atoms with Crippen molar-refractivity contribution in [2.75, 3.05) is 17.5 Å². The van der Waals surface area contributed by atoms with Gasteiger partial charge in [-0.3, -0.25) is 19.2 Å². The average Bonchev–Trinajstić information content (AvgIpc) is 2.62. The topological polar surface area (TPSA) is 107 Å². The first-order chi connectivity index (χ1) is 13.1. The van der Waals surface area contributed by atoms with Gasteiger partial charge in [-0.2, -0.15) is 0 Å². The normalized spacial score (nSPS) is 11.1. The molecule has 0 aliphatic carbocycles. The van der Waals surface area contributed by atoms with Crippen molar-refractivity contribution in [2.45, 2.75) is 32.6 Å². The molecule has 0 amide bonds. The van der Waals surface area contributed by atoms with E-state index in [1.54, 1.807) is 25.1 Å². The number of benzene rings is 2. The van der Waals surface area contributed by atoms with E-state index < -0.39 is 27.5 Å². The van der Waals surface area contributed by atoms with Gasteiger partial charge in [0.05, 0.1) is 22.1 Å². The number of carbonyl (C=O) groups excluding carboxylic acids is 1. The first-order valence-corrected chi connectivity index (χ1v) is 10.0. The molecule has 0 aliphatic rings. The summed E-state index contributed by atoms with van der Waals surface area (Å²) in [5.74, 6) is -0.717. The second kappa shape index (κ2) is 8.39. The van der Waals surface area contributed by atoms with Crippen LogP contribution in [0.1, 0.15) is 23.6 Å². The Kier molecular flexibility index (Phi) is 6.40. The van der Waals surface area contributed by atoms with Crippen molar-refractivity contribution < 1.29 is 22.9 Å². The highest BCUT2D eigenvalue weighted by Crippen LogP contribution is 2.29. The number of rotatable bonds is 7. The Morgan fingerprint density at radius 1 is 1.07 bits per heavy atom. The molecule has 0 radical (unpaired) electrons. The Hall–Kier alpha value is -2.94. The Morgan fingerprint density at radius 2 is 1.71 bits per heavy atom. The zero-order chi connectivity index (χ0) is 21.1. The highest BCUT2D eigenvalue weighted by molar-refractivity contribution is 7.92. The van der Waals surface area contributed by atoms with Crippen molar-refractivity contribution >= 4 is 27.4 Å². The van der Waals surface area contributed by atoms with Crippen molar-refractivity contribution in [1.29, 1.82) is 0 Å². The van der Waals surface area contributed by atoms with E-state index in [1.165, 1.54) is 19.1 Å². The molecule has 0 aliphatic heterocycles. The smallest absolute Gasteiger partial charge is 0.326 e. The lowest BCUT2D eigenvalue weighted by Crippen LogP contribution is -2.36. The van der Waals surface area contributed by atoms with E-state index in [0.717, 1.165) is 21.5 Å². The van der Waals surface area contributed by atoms with Crippen LogP contribution in [-0.4, -0.2) is 32.5 Å². The lowest BCUT2D eigenvalue weighted by molar-refractivity contribution is -0.385. The number of hydrogen-bond acceptors (Lipinski definition) is 6. The third-order valence-electron chi connectivity index (χ3n) is 4.32. The van der Waals surface area contributed by atoms with E-state index in [2.05, 4.69) is 0 Å². The fourth-order valence-electron chi connectivity index (χ4n) is 2.59. The maximum Gasteiger partial charge on any atom is 0.326 e. The number of anilines is 1. The lowest BCUT2D eigenvalue weighted by Gasteiger charge is -2.24. The SMILES string of the molecule is CCOC(=O)CN(c1ccc(C)c(C)c1)S(=O)(=O)c1ccc(C)c([N+](=O)[O-])c1. The van der Waals surface area contributed by atoms with Crippen LogP contribution in [0.15, 0.2) is 41.3 Å². The van der Waals surface area contributed by atoms with Gasteiger partial charge < -0.3 is 4.74 Å². The van der Waals surface area contributed by atoms with Crippen molar-refractivity contribution in [3.8, 4) is 0 Å². The molecule has 0 saturated carbocycles. The summed E-state index contributed by atoms with van der Waals surface area (Å²) >= 11 is 0. The van der Waals surface area contributed by atoms with Crippen LogP contribution in [0, 0.1) is 30.9 Å². The number of esters is 1. The molecule has 0 N–H and O–H groups in total. The monoisotopic (exact) mass is 406 g/mol. The molecule has 0 bridgehead atoms. The molecule has 28 heavy (non-hydrogen) atoms. The molecular formula is C19H22N2O6S. The largest absolute Gasteiger partial charge is 0.465 e. The van der Waals surface area contributed by atoms with E-state index >= 15 is 0 Å². The molecule has 0 atom stereocenters. The van der Waals surface area contributed by atoms with Gasteiger partial charge in [0.25, 0.3) is 15.7 Å². The number of sulfonamides is 1. The minimum atomic E-state index is -4.24. The number of nitrogens with zero attached hydrogens (tertiary/aromatic N) is 2. The summed E-state index contributed by atoms with van der Waals surface area (Å²) in [5, 5.41) is 11.2. The van der Waals surface area contributed by atoms with Crippen molar-refractivity contribution in [2.24, 2.45) is 0 Å². The molecule has 150 valence electrons. The second-order valence-electron chi connectivity index (χ2n) is 6.29. The van der Waals surface area contributed by atoms with Crippen LogP contribution in [0.5, 0.6) is 0 Å². The van der Waals surface area contributed by atoms with Crippen LogP contribution in [0.25, 0.3) is 0 Å². The fraction of sp³-hybridized carbons (Fsp3) is 0.316. The minimum absolute atomic E-state index is 0.107. The zero-order valence-corrected chi connectivity index (χ0v) is 16.9. The van der Waals surface area contributed by atoms with Gasteiger partial charge in [-0.05, 0) is 57.0 Å². The molecule has 9 heteroatoms. The molecule has 2 aromatic rings. The Labute approximate surface area is 163 Å². The summed E-state index contributed by atoms with van der Waals surface area (Å²) in [7, 11) is -4.24. The predicted molar refractivity (Wildman–Crippen MR) is 105 cm³/mol. The summed E-state index contributed by atoms with van der Waals surface area (Å²) in [6, 6.07) is 8.64. The van der Waals surface area contributed by atoms with Gasteiger partial charge in [0, 0.05) is 11.6 Å². The van der Waals surface area contributed by atoms with Crippen LogP contribution in [0.2, 0.25) is 0 Å². The summed E-state index contributed by atoms with van der Waals surface area (Å²) in [4.78, 5) is 22.3. The maximum atomic E-state index is 13.3. The number of hydrogen-bond donors (Lipinski definition) is 0. The molecule has 2 rings (SSSR count). The molecule has 8 nitrogen and oxygen atoms in total. The van der Waals surface area contributed by atoms with Crippen molar-refractivity contribution in [3.63, 3.8) is 0 Å². The summed E-state index contributed by atoms with van der Waals surface area (Å²) in [5.41, 5.74) is 2.11. The number of nitro groups is 1. The van der Waals surface area contributed by atoms with Gasteiger partial charge in [0.1, 0.15) is 6.54 Å². The average molecular weight is 406 g/mol. The number of ether oxygens (including phenoxy) is 1. The minimum Gasteiger partial charge on any atom is -0.465 e. The van der Waals surface area contributed by atoms with Crippen molar-refractivity contribution in [3.05, 3.63) is 63.2 Å². The summed E-state index contributed by atoms with van der Waals surface area (Å²) in [6.07, 6.45) is 0. The lowest BCUT2D eigenvalue weighted by atomic mass is 10.1. The van der Waals surface area contributed by atoms with Crippen LogP contribution < -0.4 is 4.31 Å². The zero-order valence-electron chi connectivity index (χ0n) is 16.1. The summed E-state index contributed by atoms with van der Waals surface area (Å²) in [6.45, 7) is 6.41. The van der Waals surface area contributed by atoms with Crippen LogP contribution >= 0.6 is 0 Å². The predicted octanol–water partition coefficient (Wildman–Crippen LogP) is 3.28. The Bertz CT molecular complexity index is 1020. The molecule has 0 fully saturated rings. The van der Waals surface area contributed by atoms with Crippen LogP contribution in [0.4, 0.5) is 11.4 Å². The van der Waals surface area contributed by atoms with Gasteiger partial charge in [-0.25, -0.2) is 8.42 Å². The van der Waals surface area contributed by atoms with E-state index in [4.69, 9.17) is 4.74 Å². The molecular weight excluding hydrogens is 384 g/mol. The first kappa shape index (κ1) is 21.4. The standard InChI is InChI=1S/C19H22N2O6S/c1-5-27-19(22)12-20(16-8-6-13(2)15(4)10-16)28(25,26)17-9-7-14(3)18(11-17)21(23)24/h6-11H,5,12H2,1-4H3. The second-order valence-corrected chi connectivity index (χ2v) is 8.15. The number of nitro benzene ring substituents is 1. The maximum absolute atomic E-state index is 13.3. The van der Waals surface area contributed by atoms with E-state index in [0.29, 0.717) is 5.56 Å². The molecule has 0 saturated heterocycles. The Morgan fingerprint density at radius 3 is 2.29 bits per heavy atom. The molecule has 2 aromatic carbocycles. The molecule has 0 spiro atoms. The van der Waals surface area contributed by atoms with Gasteiger partial charge in [0.15, 0.2) is 0 Å². The van der Waals surface area contributed by atoms with Crippen LogP contribution in [-0.2, 0) is 19.6 Å². The molecule has 0 heterocycles. The number of aryl methyl sites for hydroxylation is 3. The van der Waals surface area contributed by atoms with Gasteiger partial charge >= 0.3 is 5.97 Å². The van der Waals surface area contributed by atoms with Crippen molar-refractivity contribution in [1.82, 2.24) is 0 Å². The molecule has 0 aromatic heterocycles. The van der Waals surface area contributed by atoms with Gasteiger partial charge in [-0.15, -0.1) is 0 Å². The van der Waals surface area contributed by atoms with Gasteiger partial charge in [0.2, 0.25) is 0 Å². The summed E-state index contributed by atoms with van der Waals surface area (Å²) < 4.78 is 32.3. The number of carbonyl (C=O) groups is 1. The third-order valence-corrected chi connectivity index (χ3v) is 6.09. The highest BCUT2D eigenvalue weighted by Gasteiger charge is 2.29. The fourth-order valence-corrected chi connectivity index (χ4v) is 4.01. The molecule has 0 unspecified atom stereocenters. The third kappa shape index (κ3) is 4.48. The van der Waals surface area contributed by atoms with E-state index in [1.807, 2.05) is 13.8 Å². The van der Waals surface area contributed by atoms with Gasteiger partial charge in [-0.1, -0.05) is 12.1 Å². The Balaban J connectivity index is 2.60. The quantitative estimate of drug-likeness (QED) is 0.397. The van der Waals surface area contributed by atoms with Crippen LogP contribution in [0.3, 0.4) is 0 Å². The highest BCUT2D eigenvalue weighted by atomic mass is 32.2. The van der Waals surface area contributed by atoms with E-state index in [9.17, 15) is 23.3 Å².